The number of hydrogen-bond donors (Lipinski definition) is 3. The minimum absolute atomic E-state index is 0.0435. The van der Waals surface area contributed by atoms with Crippen LogP contribution in [0.5, 0.6) is 0 Å². The Labute approximate surface area is 111 Å². The van der Waals surface area contributed by atoms with Crippen molar-refractivity contribution in [2.45, 2.75) is 13.3 Å². The van der Waals surface area contributed by atoms with Crippen LogP contribution >= 0.6 is 0 Å². The lowest BCUT2D eigenvalue weighted by Gasteiger charge is -2.11. The van der Waals surface area contributed by atoms with E-state index in [-0.39, 0.29) is 5.91 Å². The van der Waals surface area contributed by atoms with Crippen LogP contribution in [0.3, 0.4) is 0 Å². The molecule has 0 fully saturated rings. The molecule has 3 rings (SSSR count). The second kappa shape index (κ2) is 4.31. The summed E-state index contributed by atoms with van der Waals surface area (Å²) >= 11 is 0. The molecule has 0 bridgehead atoms. The number of benzene rings is 2. The zero-order chi connectivity index (χ0) is 13.4. The summed E-state index contributed by atoms with van der Waals surface area (Å²) in [5.41, 5.74) is 11.5. The number of nitrogen functional groups attached to an aromatic ring is 1. The summed E-state index contributed by atoms with van der Waals surface area (Å²) in [5, 5.41) is 6.10. The van der Waals surface area contributed by atoms with Crippen LogP contribution in [-0.2, 0) is 11.2 Å². The van der Waals surface area contributed by atoms with Gasteiger partial charge >= 0.3 is 0 Å². The van der Waals surface area contributed by atoms with E-state index >= 15 is 0 Å². The lowest BCUT2D eigenvalue weighted by molar-refractivity contribution is -0.115. The molecule has 4 heteroatoms. The molecule has 0 radical (unpaired) electrons. The van der Waals surface area contributed by atoms with Gasteiger partial charge in [-0.3, -0.25) is 4.79 Å². The maximum absolute atomic E-state index is 11.3. The maximum atomic E-state index is 11.3. The van der Waals surface area contributed by atoms with Crippen LogP contribution in [0.15, 0.2) is 36.4 Å². The van der Waals surface area contributed by atoms with Crippen molar-refractivity contribution in [2.75, 3.05) is 16.4 Å². The third-order valence-corrected chi connectivity index (χ3v) is 3.22. The van der Waals surface area contributed by atoms with Gasteiger partial charge in [0.25, 0.3) is 0 Å². The van der Waals surface area contributed by atoms with E-state index in [1.54, 1.807) is 0 Å². The number of anilines is 4. The molecule has 1 aliphatic heterocycles. The van der Waals surface area contributed by atoms with E-state index in [0.29, 0.717) is 6.42 Å². The summed E-state index contributed by atoms with van der Waals surface area (Å²) in [7, 11) is 0. The van der Waals surface area contributed by atoms with Crippen molar-refractivity contribution in [1.82, 2.24) is 0 Å². The number of fused-ring (bicyclic) bond motifs is 1. The van der Waals surface area contributed by atoms with E-state index in [0.717, 1.165) is 33.9 Å². The van der Waals surface area contributed by atoms with Gasteiger partial charge in [0.05, 0.1) is 17.8 Å². The van der Waals surface area contributed by atoms with Gasteiger partial charge in [-0.1, -0.05) is 6.07 Å². The number of hydrogen-bond acceptors (Lipinski definition) is 3. The smallest absolute Gasteiger partial charge is 0.228 e. The zero-order valence-corrected chi connectivity index (χ0v) is 10.7. The molecular formula is C15H15N3O. The molecule has 1 amide bonds. The van der Waals surface area contributed by atoms with Gasteiger partial charge in [-0.2, -0.15) is 0 Å². The van der Waals surface area contributed by atoms with Crippen LogP contribution in [0.4, 0.5) is 22.7 Å². The van der Waals surface area contributed by atoms with Crippen molar-refractivity contribution < 1.29 is 4.79 Å². The Hall–Kier alpha value is -2.49. The predicted octanol–water partition coefficient (Wildman–Crippen LogP) is 2.82. The SMILES string of the molecule is Cc1ccc(Nc2ccc3c(c2)CC(=O)N3)c(N)c1. The van der Waals surface area contributed by atoms with Gasteiger partial charge in [0.2, 0.25) is 5.91 Å². The Morgan fingerprint density at radius 1 is 1.21 bits per heavy atom. The van der Waals surface area contributed by atoms with E-state index in [9.17, 15) is 4.79 Å². The number of nitrogens with one attached hydrogen (secondary N) is 2. The third kappa shape index (κ3) is 2.25. The van der Waals surface area contributed by atoms with Crippen molar-refractivity contribution in [2.24, 2.45) is 0 Å². The topological polar surface area (TPSA) is 67.2 Å². The number of rotatable bonds is 2. The highest BCUT2D eigenvalue weighted by atomic mass is 16.1. The lowest BCUT2D eigenvalue weighted by Crippen LogP contribution is -2.03. The molecule has 0 aromatic heterocycles. The maximum Gasteiger partial charge on any atom is 0.228 e. The third-order valence-electron chi connectivity index (χ3n) is 3.22. The summed E-state index contributed by atoms with van der Waals surface area (Å²) in [6.45, 7) is 2.01. The fraction of sp³-hybridized carbons (Fsp3) is 0.133. The standard InChI is InChI=1S/C15H15N3O/c1-9-2-4-14(12(16)6-9)17-11-3-5-13-10(7-11)8-15(19)18-13/h2-7,17H,8,16H2,1H3,(H,18,19). The molecule has 1 aliphatic rings. The van der Waals surface area contributed by atoms with Gasteiger partial charge in [-0.05, 0) is 48.4 Å². The minimum atomic E-state index is 0.0435. The van der Waals surface area contributed by atoms with Crippen LogP contribution in [0, 0.1) is 6.92 Å². The van der Waals surface area contributed by atoms with Gasteiger partial charge in [0.15, 0.2) is 0 Å². The van der Waals surface area contributed by atoms with Crippen LogP contribution in [0.1, 0.15) is 11.1 Å². The highest BCUT2D eigenvalue weighted by Gasteiger charge is 2.17. The largest absolute Gasteiger partial charge is 0.397 e. The van der Waals surface area contributed by atoms with Gasteiger partial charge in [-0.25, -0.2) is 0 Å². The lowest BCUT2D eigenvalue weighted by atomic mass is 10.1. The molecule has 0 saturated heterocycles. The molecule has 0 aliphatic carbocycles. The molecule has 2 aromatic carbocycles. The second-order valence-electron chi connectivity index (χ2n) is 4.81. The first kappa shape index (κ1) is 11.6. The van der Waals surface area contributed by atoms with Gasteiger partial charge in [0.1, 0.15) is 0 Å². The second-order valence-corrected chi connectivity index (χ2v) is 4.81. The molecule has 4 nitrogen and oxygen atoms in total. The molecule has 96 valence electrons. The van der Waals surface area contributed by atoms with Crippen molar-refractivity contribution in [3.8, 4) is 0 Å². The van der Waals surface area contributed by atoms with E-state index < -0.39 is 0 Å². The van der Waals surface area contributed by atoms with Crippen LogP contribution in [0.25, 0.3) is 0 Å². The van der Waals surface area contributed by atoms with Crippen molar-refractivity contribution in [3.05, 3.63) is 47.5 Å². The molecule has 1 heterocycles. The van der Waals surface area contributed by atoms with Crippen molar-refractivity contribution in [3.63, 3.8) is 0 Å². The van der Waals surface area contributed by atoms with Crippen LogP contribution < -0.4 is 16.4 Å². The number of carbonyl (C=O) groups excluding carboxylic acids is 1. The average Bonchev–Trinajstić information content (AvgIpc) is 2.72. The van der Waals surface area contributed by atoms with Gasteiger partial charge in [0, 0.05) is 11.4 Å². The molecular weight excluding hydrogens is 238 g/mol. The first-order valence-corrected chi connectivity index (χ1v) is 6.18. The van der Waals surface area contributed by atoms with Gasteiger partial charge < -0.3 is 16.4 Å². The molecule has 19 heavy (non-hydrogen) atoms. The first-order chi connectivity index (χ1) is 9.11. The number of carbonyl (C=O) groups is 1. The highest BCUT2D eigenvalue weighted by molar-refractivity contribution is 5.99. The Kier molecular flexibility index (Phi) is 2.63. The zero-order valence-electron chi connectivity index (χ0n) is 10.7. The van der Waals surface area contributed by atoms with E-state index in [1.165, 1.54) is 0 Å². The van der Waals surface area contributed by atoms with E-state index in [1.807, 2.05) is 43.3 Å². The summed E-state index contributed by atoms with van der Waals surface area (Å²) in [4.78, 5) is 11.3. The van der Waals surface area contributed by atoms with Gasteiger partial charge in [-0.15, -0.1) is 0 Å². The average molecular weight is 253 g/mol. The Morgan fingerprint density at radius 2 is 2.05 bits per heavy atom. The summed E-state index contributed by atoms with van der Waals surface area (Å²) in [5.74, 6) is 0.0435. The fourth-order valence-corrected chi connectivity index (χ4v) is 2.26. The number of amides is 1. The predicted molar refractivity (Wildman–Crippen MR) is 77.6 cm³/mol. The normalized spacial score (nSPS) is 13.0. The van der Waals surface area contributed by atoms with E-state index in [4.69, 9.17) is 5.73 Å². The Bertz CT molecular complexity index is 664. The molecule has 4 N–H and O–H groups in total. The molecule has 0 saturated carbocycles. The monoisotopic (exact) mass is 253 g/mol. The Balaban J connectivity index is 1.88. The fourth-order valence-electron chi connectivity index (χ4n) is 2.26. The van der Waals surface area contributed by atoms with Crippen molar-refractivity contribution >= 4 is 28.7 Å². The summed E-state index contributed by atoms with van der Waals surface area (Å²) in [6.07, 6.45) is 0.439. The molecule has 0 spiro atoms. The molecule has 0 atom stereocenters. The van der Waals surface area contributed by atoms with Crippen LogP contribution in [0.2, 0.25) is 0 Å². The molecule has 2 aromatic rings. The first-order valence-electron chi connectivity index (χ1n) is 6.18. The summed E-state index contributed by atoms with van der Waals surface area (Å²) < 4.78 is 0. The summed E-state index contributed by atoms with van der Waals surface area (Å²) in [6, 6.07) is 11.7. The minimum Gasteiger partial charge on any atom is -0.397 e. The number of aryl methyl sites for hydroxylation is 1. The Morgan fingerprint density at radius 3 is 2.84 bits per heavy atom. The van der Waals surface area contributed by atoms with Crippen LogP contribution in [-0.4, -0.2) is 5.91 Å². The molecule has 0 unspecified atom stereocenters. The van der Waals surface area contributed by atoms with E-state index in [2.05, 4.69) is 10.6 Å². The highest BCUT2D eigenvalue weighted by Crippen LogP contribution is 2.29. The number of nitrogens with two attached hydrogens (primary N) is 1. The quantitative estimate of drug-likeness (QED) is 0.721. The van der Waals surface area contributed by atoms with Crippen molar-refractivity contribution in [1.29, 1.82) is 0 Å².